The number of amides is 1. The van der Waals surface area contributed by atoms with E-state index in [0.29, 0.717) is 6.54 Å². The van der Waals surface area contributed by atoms with Crippen molar-refractivity contribution in [2.45, 2.75) is 58.7 Å². The lowest BCUT2D eigenvalue weighted by Gasteiger charge is -2.10. The topological polar surface area (TPSA) is 68.9 Å². The first-order valence-corrected chi connectivity index (χ1v) is 8.84. The minimum atomic E-state index is -0.181. The number of nitrogens with zero attached hydrogens (tertiary/aromatic N) is 3. The minimum Gasteiger partial charge on any atom is -0.351 e. The van der Waals surface area contributed by atoms with Crippen molar-refractivity contribution in [3.05, 3.63) is 16.3 Å². The highest BCUT2D eigenvalue weighted by Crippen LogP contribution is 2.16. The third-order valence-electron chi connectivity index (χ3n) is 3.66. The molecule has 7 heteroatoms. The van der Waals surface area contributed by atoms with E-state index < -0.39 is 0 Å². The number of carbonyl (C=O) groups excluding carboxylic acids is 1. The van der Waals surface area contributed by atoms with Crippen LogP contribution in [0.4, 0.5) is 0 Å². The second-order valence-electron chi connectivity index (χ2n) is 5.33. The van der Waals surface area contributed by atoms with Crippen LogP contribution in [-0.2, 0) is 24.3 Å². The van der Waals surface area contributed by atoms with Gasteiger partial charge in [0.25, 0.3) is 0 Å². The van der Waals surface area contributed by atoms with Crippen LogP contribution in [0.5, 0.6) is 0 Å². The van der Waals surface area contributed by atoms with Crippen LogP contribution in [0.3, 0.4) is 0 Å². The van der Waals surface area contributed by atoms with Gasteiger partial charge in [0.2, 0.25) is 5.91 Å². The summed E-state index contributed by atoms with van der Waals surface area (Å²) >= 11 is 1.85. The van der Waals surface area contributed by atoms with Crippen molar-refractivity contribution in [3.63, 3.8) is 0 Å². The van der Waals surface area contributed by atoms with Crippen LogP contribution in [-0.4, -0.2) is 37.8 Å². The van der Waals surface area contributed by atoms with Crippen LogP contribution >= 0.6 is 11.8 Å². The third kappa shape index (κ3) is 4.12. The maximum atomic E-state index is 12.2. The molecule has 0 spiro atoms. The molecule has 0 bridgehead atoms. The van der Waals surface area contributed by atoms with E-state index in [1.165, 1.54) is 4.68 Å². The molecule has 1 aromatic heterocycles. The van der Waals surface area contributed by atoms with Gasteiger partial charge >= 0.3 is 5.69 Å². The Morgan fingerprint density at radius 3 is 2.90 bits per heavy atom. The van der Waals surface area contributed by atoms with Crippen molar-refractivity contribution in [3.8, 4) is 0 Å². The number of hydrogen-bond acceptors (Lipinski definition) is 4. The molecule has 0 unspecified atom stereocenters. The zero-order valence-corrected chi connectivity index (χ0v) is 13.6. The predicted molar refractivity (Wildman–Crippen MR) is 84.6 cm³/mol. The Labute approximate surface area is 129 Å². The largest absolute Gasteiger partial charge is 0.351 e. The van der Waals surface area contributed by atoms with E-state index in [9.17, 15) is 9.59 Å². The molecule has 118 valence electrons. The summed E-state index contributed by atoms with van der Waals surface area (Å²) in [6.07, 6.45) is 3.86. The minimum absolute atomic E-state index is 0.0200. The lowest BCUT2D eigenvalue weighted by molar-refractivity contribution is -0.122. The predicted octanol–water partition coefficient (Wildman–Crippen LogP) is 1.03. The first-order valence-electron chi connectivity index (χ1n) is 7.69. The smallest absolute Gasteiger partial charge is 0.346 e. The molecule has 1 aliphatic rings. The monoisotopic (exact) mass is 312 g/mol. The maximum absolute atomic E-state index is 12.2. The fourth-order valence-electron chi connectivity index (χ4n) is 2.48. The number of unbranched alkanes of at least 4 members (excludes halogenated alkanes) is 1. The number of nitrogens with one attached hydrogen (secondary N) is 1. The van der Waals surface area contributed by atoms with Gasteiger partial charge in [-0.25, -0.2) is 9.48 Å². The van der Waals surface area contributed by atoms with Crippen molar-refractivity contribution in [2.75, 3.05) is 11.5 Å². The zero-order valence-electron chi connectivity index (χ0n) is 12.8. The highest BCUT2D eigenvalue weighted by atomic mass is 32.2. The fraction of sp³-hybridized carbons (Fsp3) is 0.786. The first kappa shape index (κ1) is 16.1. The van der Waals surface area contributed by atoms with Gasteiger partial charge in [-0.05, 0) is 25.5 Å². The summed E-state index contributed by atoms with van der Waals surface area (Å²) in [6, 6.07) is 0.242. The van der Waals surface area contributed by atoms with E-state index in [0.717, 1.165) is 43.0 Å². The van der Waals surface area contributed by atoms with E-state index >= 15 is 0 Å². The van der Waals surface area contributed by atoms with Crippen LogP contribution in [0, 0.1) is 0 Å². The molecule has 1 aromatic rings. The highest BCUT2D eigenvalue weighted by Gasteiger charge is 2.19. The van der Waals surface area contributed by atoms with Crippen LogP contribution in [0.2, 0.25) is 0 Å². The van der Waals surface area contributed by atoms with Crippen molar-refractivity contribution in [1.82, 2.24) is 19.7 Å². The van der Waals surface area contributed by atoms with Crippen LogP contribution < -0.4 is 11.0 Å². The van der Waals surface area contributed by atoms with Gasteiger partial charge in [-0.3, -0.25) is 9.36 Å². The highest BCUT2D eigenvalue weighted by molar-refractivity contribution is 7.99. The SMILES string of the molecule is CCCCc1nn(CC(=O)N[C@@H]2CCSC2)c(=O)n1CC. The summed E-state index contributed by atoms with van der Waals surface area (Å²) in [5, 5.41) is 7.31. The summed E-state index contributed by atoms with van der Waals surface area (Å²) in [4.78, 5) is 24.3. The molecule has 0 radical (unpaired) electrons. The fourth-order valence-corrected chi connectivity index (χ4v) is 3.64. The van der Waals surface area contributed by atoms with E-state index in [1.807, 2.05) is 18.7 Å². The van der Waals surface area contributed by atoms with Gasteiger partial charge < -0.3 is 5.32 Å². The van der Waals surface area contributed by atoms with E-state index in [2.05, 4.69) is 17.3 Å². The Kier molecular flexibility index (Phi) is 5.90. The molecule has 21 heavy (non-hydrogen) atoms. The molecule has 6 nitrogen and oxygen atoms in total. The van der Waals surface area contributed by atoms with E-state index in [4.69, 9.17) is 0 Å². The van der Waals surface area contributed by atoms with Gasteiger partial charge in [-0.2, -0.15) is 16.9 Å². The van der Waals surface area contributed by atoms with Crippen molar-refractivity contribution in [1.29, 1.82) is 0 Å². The third-order valence-corrected chi connectivity index (χ3v) is 4.82. The Hall–Kier alpha value is -1.24. The average Bonchev–Trinajstić information content (AvgIpc) is 3.05. The van der Waals surface area contributed by atoms with Gasteiger partial charge in [0.1, 0.15) is 12.4 Å². The molecule has 0 saturated carbocycles. The van der Waals surface area contributed by atoms with Crippen LogP contribution in [0.15, 0.2) is 4.79 Å². The molecule has 1 fully saturated rings. The Bertz CT molecular complexity index is 532. The zero-order chi connectivity index (χ0) is 15.2. The molecule has 0 aliphatic carbocycles. The molecule has 1 saturated heterocycles. The van der Waals surface area contributed by atoms with Crippen molar-refractivity contribution < 1.29 is 4.79 Å². The standard InChI is InChI=1S/C14H24N4O2S/c1-3-5-6-12-16-18(14(20)17(12)4-2)9-13(19)15-11-7-8-21-10-11/h11H,3-10H2,1-2H3,(H,15,19)/t11-/m1/s1. The molecular formula is C14H24N4O2S. The summed E-state index contributed by atoms with van der Waals surface area (Å²) in [6.45, 7) is 4.65. The number of hydrogen-bond donors (Lipinski definition) is 1. The average molecular weight is 312 g/mol. The van der Waals surface area contributed by atoms with Gasteiger partial charge in [0.05, 0.1) is 0 Å². The molecule has 1 N–H and O–H groups in total. The molecule has 1 aliphatic heterocycles. The van der Waals surface area contributed by atoms with Gasteiger partial charge in [0, 0.05) is 24.8 Å². The normalized spacial score (nSPS) is 18.1. The summed E-state index contributed by atoms with van der Waals surface area (Å²) in [7, 11) is 0. The maximum Gasteiger partial charge on any atom is 0.346 e. The number of thioether (sulfide) groups is 1. The molecular weight excluding hydrogens is 288 g/mol. The second kappa shape index (κ2) is 7.68. The van der Waals surface area contributed by atoms with Crippen molar-refractivity contribution in [2.24, 2.45) is 0 Å². The Morgan fingerprint density at radius 2 is 2.29 bits per heavy atom. The lowest BCUT2D eigenvalue weighted by Crippen LogP contribution is -2.39. The van der Waals surface area contributed by atoms with Crippen LogP contribution in [0.25, 0.3) is 0 Å². The number of aromatic nitrogens is 3. The summed E-state index contributed by atoms with van der Waals surface area (Å²) < 4.78 is 2.96. The quantitative estimate of drug-likeness (QED) is 0.816. The number of carbonyl (C=O) groups is 1. The molecule has 1 amide bonds. The molecule has 1 atom stereocenters. The molecule has 0 aromatic carbocycles. The molecule has 2 rings (SSSR count). The summed E-state index contributed by atoms with van der Waals surface area (Å²) in [5.41, 5.74) is -0.181. The number of rotatable bonds is 7. The van der Waals surface area contributed by atoms with Gasteiger partial charge in [0.15, 0.2) is 0 Å². The van der Waals surface area contributed by atoms with E-state index in [1.54, 1.807) is 4.57 Å². The van der Waals surface area contributed by atoms with E-state index in [-0.39, 0.29) is 24.2 Å². The van der Waals surface area contributed by atoms with Gasteiger partial charge in [-0.1, -0.05) is 13.3 Å². The Balaban J connectivity index is 2.03. The van der Waals surface area contributed by atoms with Gasteiger partial charge in [-0.15, -0.1) is 0 Å². The lowest BCUT2D eigenvalue weighted by atomic mass is 10.2. The number of aryl methyl sites for hydroxylation is 1. The summed E-state index contributed by atoms with van der Waals surface area (Å²) in [5.74, 6) is 2.73. The second-order valence-corrected chi connectivity index (χ2v) is 6.48. The van der Waals surface area contributed by atoms with Crippen LogP contribution in [0.1, 0.15) is 38.9 Å². The first-order chi connectivity index (χ1) is 10.2. The van der Waals surface area contributed by atoms with Crippen molar-refractivity contribution >= 4 is 17.7 Å². The Morgan fingerprint density at radius 1 is 1.48 bits per heavy atom. The molecule has 2 heterocycles.